The fraction of sp³-hybridized carbons (Fsp3) is 0.421. The van der Waals surface area contributed by atoms with Crippen LogP contribution in [0.25, 0.3) is 0 Å². The number of aromatic nitrogens is 2. The molecule has 1 aliphatic rings. The monoisotopic (exact) mass is 355 g/mol. The Morgan fingerprint density at radius 3 is 2.62 bits per heavy atom. The van der Waals surface area contributed by atoms with Gasteiger partial charge in [-0.1, -0.05) is 30.3 Å². The van der Waals surface area contributed by atoms with Gasteiger partial charge in [0, 0.05) is 26.2 Å². The van der Waals surface area contributed by atoms with Crippen LogP contribution in [0.2, 0.25) is 0 Å². The van der Waals surface area contributed by atoms with Gasteiger partial charge in [-0.3, -0.25) is 14.3 Å². The van der Waals surface area contributed by atoms with Crippen LogP contribution in [0.3, 0.4) is 0 Å². The van der Waals surface area contributed by atoms with Gasteiger partial charge in [-0.15, -0.1) is 0 Å². The quantitative estimate of drug-likeness (QED) is 0.787. The first-order valence-electron chi connectivity index (χ1n) is 9.00. The van der Waals surface area contributed by atoms with Crippen LogP contribution < -0.4 is 10.6 Å². The number of hydrogen-bond donors (Lipinski definition) is 2. The maximum absolute atomic E-state index is 12.2. The minimum atomic E-state index is -0.219. The number of nitrogens with zero attached hydrogens (tertiary/aromatic N) is 3. The standard InChI is InChI=1S/C19H25N5O2/c1-23-17(21-18(25)13-15-7-3-2-4-8-15)14-16(22-23)19(26)20-9-12-24-10-5-6-11-24/h2-4,7-8,14H,5-6,9-13H2,1H3,(H,20,26)(H,21,25). The molecule has 3 rings (SSSR count). The summed E-state index contributed by atoms with van der Waals surface area (Å²) in [6.45, 7) is 3.68. The minimum absolute atomic E-state index is 0.139. The Kier molecular flexibility index (Phi) is 6.01. The van der Waals surface area contributed by atoms with Crippen LogP contribution in [0.4, 0.5) is 5.82 Å². The summed E-state index contributed by atoms with van der Waals surface area (Å²) in [5, 5.41) is 9.90. The smallest absolute Gasteiger partial charge is 0.271 e. The Balaban J connectivity index is 1.50. The van der Waals surface area contributed by atoms with E-state index in [9.17, 15) is 9.59 Å². The molecule has 0 spiro atoms. The molecule has 2 heterocycles. The lowest BCUT2D eigenvalue weighted by Crippen LogP contribution is -2.33. The van der Waals surface area contributed by atoms with Gasteiger partial charge in [0.1, 0.15) is 5.82 Å². The van der Waals surface area contributed by atoms with Gasteiger partial charge >= 0.3 is 0 Å². The van der Waals surface area contributed by atoms with E-state index in [4.69, 9.17) is 0 Å². The molecule has 138 valence electrons. The summed E-state index contributed by atoms with van der Waals surface area (Å²) in [6.07, 6.45) is 2.75. The highest BCUT2D eigenvalue weighted by molar-refractivity contribution is 5.95. The van der Waals surface area contributed by atoms with E-state index in [1.807, 2.05) is 30.3 Å². The zero-order valence-electron chi connectivity index (χ0n) is 15.1. The van der Waals surface area contributed by atoms with E-state index >= 15 is 0 Å². The molecule has 0 atom stereocenters. The van der Waals surface area contributed by atoms with Crippen molar-refractivity contribution in [3.05, 3.63) is 47.7 Å². The molecule has 2 aromatic rings. The van der Waals surface area contributed by atoms with Gasteiger partial charge in [0.2, 0.25) is 5.91 Å². The minimum Gasteiger partial charge on any atom is -0.349 e. The molecule has 7 heteroatoms. The van der Waals surface area contributed by atoms with Crippen molar-refractivity contribution >= 4 is 17.6 Å². The van der Waals surface area contributed by atoms with Crippen LogP contribution in [0.1, 0.15) is 28.9 Å². The zero-order valence-corrected chi connectivity index (χ0v) is 15.1. The van der Waals surface area contributed by atoms with Gasteiger partial charge in [-0.2, -0.15) is 5.10 Å². The highest BCUT2D eigenvalue weighted by atomic mass is 16.2. The fourth-order valence-corrected chi connectivity index (χ4v) is 3.09. The van der Waals surface area contributed by atoms with E-state index in [1.54, 1.807) is 13.1 Å². The molecule has 1 fully saturated rings. The molecule has 1 aliphatic heterocycles. The lowest BCUT2D eigenvalue weighted by molar-refractivity contribution is -0.115. The predicted molar refractivity (Wildman–Crippen MR) is 100.0 cm³/mol. The molecular formula is C19H25N5O2. The summed E-state index contributed by atoms with van der Waals surface area (Å²) in [4.78, 5) is 26.8. The fourth-order valence-electron chi connectivity index (χ4n) is 3.09. The van der Waals surface area contributed by atoms with E-state index in [2.05, 4.69) is 20.6 Å². The molecule has 26 heavy (non-hydrogen) atoms. The lowest BCUT2D eigenvalue weighted by Gasteiger charge is -2.14. The van der Waals surface area contributed by atoms with E-state index in [0.717, 1.165) is 25.2 Å². The van der Waals surface area contributed by atoms with Crippen molar-refractivity contribution in [2.24, 2.45) is 7.05 Å². The molecule has 0 bridgehead atoms. The number of hydrogen-bond acceptors (Lipinski definition) is 4. The second kappa shape index (κ2) is 8.62. The SMILES string of the molecule is Cn1nc(C(=O)NCCN2CCCC2)cc1NC(=O)Cc1ccccc1. The van der Waals surface area contributed by atoms with Crippen molar-refractivity contribution < 1.29 is 9.59 Å². The van der Waals surface area contributed by atoms with Gasteiger partial charge in [-0.25, -0.2) is 0 Å². The number of aryl methyl sites for hydroxylation is 1. The number of amides is 2. The van der Waals surface area contributed by atoms with Crippen LogP contribution in [0.15, 0.2) is 36.4 Å². The maximum Gasteiger partial charge on any atom is 0.271 e. The number of anilines is 1. The topological polar surface area (TPSA) is 79.3 Å². The Labute approximate surface area is 153 Å². The molecule has 1 aromatic heterocycles. The predicted octanol–water partition coefficient (Wildman–Crippen LogP) is 1.43. The van der Waals surface area contributed by atoms with Gasteiger partial charge in [0.15, 0.2) is 5.69 Å². The molecule has 7 nitrogen and oxygen atoms in total. The molecule has 0 aliphatic carbocycles. The number of likely N-dealkylation sites (tertiary alicyclic amines) is 1. The molecule has 0 unspecified atom stereocenters. The summed E-state index contributed by atoms with van der Waals surface area (Å²) >= 11 is 0. The molecule has 0 saturated carbocycles. The van der Waals surface area contributed by atoms with E-state index in [1.165, 1.54) is 17.5 Å². The number of nitrogens with one attached hydrogen (secondary N) is 2. The second-order valence-corrected chi connectivity index (χ2v) is 6.55. The lowest BCUT2D eigenvalue weighted by atomic mass is 10.1. The van der Waals surface area contributed by atoms with Crippen LogP contribution in [-0.2, 0) is 18.3 Å². The number of rotatable bonds is 7. The van der Waals surface area contributed by atoms with Gasteiger partial charge in [0.05, 0.1) is 6.42 Å². The van der Waals surface area contributed by atoms with Crippen molar-refractivity contribution in [2.75, 3.05) is 31.5 Å². The molecular weight excluding hydrogens is 330 g/mol. The molecule has 0 radical (unpaired) electrons. The summed E-state index contributed by atoms with van der Waals surface area (Å²) in [5.74, 6) is 0.152. The third-order valence-corrected chi connectivity index (χ3v) is 4.50. The first-order valence-corrected chi connectivity index (χ1v) is 9.00. The maximum atomic E-state index is 12.2. The largest absolute Gasteiger partial charge is 0.349 e. The Morgan fingerprint density at radius 1 is 1.15 bits per heavy atom. The molecule has 1 aromatic carbocycles. The van der Waals surface area contributed by atoms with Gasteiger partial charge < -0.3 is 15.5 Å². The summed E-state index contributed by atoms with van der Waals surface area (Å²) in [7, 11) is 1.71. The van der Waals surface area contributed by atoms with E-state index in [-0.39, 0.29) is 18.2 Å². The number of carbonyl (C=O) groups is 2. The molecule has 1 saturated heterocycles. The molecule has 2 N–H and O–H groups in total. The van der Waals surface area contributed by atoms with E-state index < -0.39 is 0 Å². The normalized spacial score (nSPS) is 14.3. The van der Waals surface area contributed by atoms with Crippen molar-refractivity contribution in [3.8, 4) is 0 Å². The highest BCUT2D eigenvalue weighted by Gasteiger charge is 2.16. The van der Waals surface area contributed by atoms with Crippen molar-refractivity contribution in [1.29, 1.82) is 0 Å². The first-order chi connectivity index (χ1) is 12.6. The van der Waals surface area contributed by atoms with Gasteiger partial charge in [0.25, 0.3) is 5.91 Å². The van der Waals surface area contributed by atoms with Crippen LogP contribution in [0.5, 0.6) is 0 Å². The Hall–Kier alpha value is -2.67. The Morgan fingerprint density at radius 2 is 1.88 bits per heavy atom. The third-order valence-electron chi connectivity index (χ3n) is 4.50. The van der Waals surface area contributed by atoms with Crippen molar-refractivity contribution in [3.63, 3.8) is 0 Å². The zero-order chi connectivity index (χ0) is 18.4. The summed E-state index contributed by atoms with van der Waals surface area (Å²) in [6, 6.07) is 11.1. The Bertz CT molecular complexity index is 751. The average molecular weight is 355 g/mol. The number of carbonyl (C=O) groups excluding carboxylic acids is 2. The van der Waals surface area contributed by atoms with Crippen LogP contribution in [-0.4, -0.2) is 52.7 Å². The summed E-state index contributed by atoms with van der Waals surface area (Å²) in [5.41, 5.74) is 1.25. The first kappa shape index (κ1) is 18.1. The second-order valence-electron chi connectivity index (χ2n) is 6.55. The summed E-state index contributed by atoms with van der Waals surface area (Å²) < 4.78 is 1.51. The average Bonchev–Trinajstić information content (AvgIpc) is 3.26. The third kappa shape index (κ3) is 4.92. The highest BCUT2D eigenvalue weighted by Crippen LogP contribution is 2.11. The van der Waals surface area contributed by atoms with Crippen LogP contribution in [0, 0.1) is 0 Å². The van der Waals surface area contributed by atoms with Crippen LogP contribution >= 0.6 is 0 Å². The number of benzene rings is 1. The molecule has 2 amide bonds. The van der Waals surface area contributed by atoms with Crippen molar-refractivity contribution in [1.82, 2.24) is 20.0 Å². The van der Waals surface area contributed by atoms with Gasteiger partial charge in [-0.05, 0) is 31.5 Å². The van der Waals surface area contributed by atoms with E-state index in [0.29, 0.717) is 18.1 Å². The van der Waals surface area contributed by atoms with Crippen molar-refractivity contribution in [2.45, 2.75) is 19.3 Å².